The minimum atomic E-state index is -0.663. The fourth-order valence-corrected chi connectivity index (χ4v) is 1.45. The second kappa shape index (κ2) is 8.48. The zero-order chi connectivity index (χ0) is 12.4. The summed E-state index contributed by atoms with van der Waals surface area (Å²) in [5.41, 5.74) is -0.663. The highest BCUT2D eigenvalue weighted by molar-refractivity contribution is 5.78. The zero-order valence-corrected chi connectivity index (χ0v) is 10.4. The summed E-state index contributed by atoms with van der Waals surface area (Å²) in [6.07, 6.45) is 7.87. The topological polar surface area (TPSA) is 57.5 Å². The highest BCUT2D eigenvalue weighted by Gasteiger charge is 2.12. The first kappa shape index (κ1) is 15.3. The minimum Gasteiger partial charge on any atom is -0.392 e. The van der Waals surface area contributed by atoms with E-state index in [0.717, 1.165) is 19.3 Å². The average Bonchev–Trinajstić information content (AvgIpc) is 2.15. The standard InChI is InChI=1S/C13H24O3/c1-13(2,16)10-7-9-12(15)8-5-3-4-6-11-14/h4,6,14,16H,3,5,7-11H2,1-2H3/b6-4+. The predicted octanol–water partition coefficient (Wildman–Crippen LogP) is 2.22. The van der Waals surface area contributed by atoms with Crippen LogP contribution in [0.4, 0.5) is 0 Å². The molecule has 0 amide bonds. The summed E-state index contributed by atoms with van der Waals surface area (Å²) in [6.45, 7) is 3.59. The number of unbranched alkanes of at least 4 members (excludes halogenated alkanes) is 1. The molecular formula is C13H24O3. The summed E-state index contributed by atoms with van der Waals surface area (Å²) in [4.78, 5) is 11.4. The maximum atomic E-state index is 11.4. The molecule has 0 aliphatic heterocycles. The van der Waals surface area contributed by atoms with E-state index in [0.29, 0.717) is 19.3 Å². The van der Waals surface area contributed by atoms with Crippen molar-refractivity contribution in [3.8, 4) is 0 Å². The Hall–Kier alpha value is -0.670. The molecule has 0 unspecified atom stereocenters. The molecule has 94 valence electrons. The average molecular weight is 228 g/mol. The first-order valence-electron chi connectivity index (χ1n) is 5.95. The van der Waals surface area contributed by atoms with Crippen LogP contribution in [-0.2, 0) is 4.79 Å². The molecule has 2 N–H and O–H groups in total. The van der Waals surface area contributed by atoms with E-state index >= 15 is 0 Å². The molecule has 0 atom stereocenters. The van der Waals surface area contributed by atoms with Crippen molar-refractivity contribution < 1.29 is 15.0 Å². The van der Waals surface area contributed by atoms with E-state index < -0.39 is 5.60 Å². The smallest absolute Gasteiger partial charge is 0.132 e. The summed E-state index contributed by atoms with van der Waals surface area (Å²) in [7, 11) is 0. The van der Waals surface area contributed by atoms with Gasteiger partial charge >= 0.3 is 0 Å². The highest BCUT2D eigenvalue weighted by Crippen LogP contribution is 2.13. The van der Waals surface area contributed by atoms with E-state index in [1.54, 1.807) is 19.9 Å². The van der Waals surface area contributed by atoms with Gasteiger partial charge in [-0.3, -0.25) is 4.79 Å². The predicted molar refractivity (Wildman–Crippen MR) is 65.2 cm³/mol. The summed E-state index contributed by atoms with van der Waals surface area (Å²) < 4.78 is 0. The Bertz CT molecular complexity index is 214. The van der Waals surface area contributed by atoms with Gasteiger partial charge in [0.1, 0.15) is 5.78 Å². The van der Waals surface area contributed by atoms with Gasteiger partial charge in [0.15, 0.2) is 0 Å². The summed E-state index contributed by atoms with van der Waals surface area (Å²) >= 11 is 0. The molecule has 0 saturated carbocycles. The molecule has 0 radical (unpaired) electrons. The van der Waals surface area contributed by atoms with Crippen LogP contribution in [0.2, 0.25) is 0 Å². The Morgan fingerprint density at radius 2 is 1.81 bits per heavy atom. The van der Waals surface area contributed by atoms with Gasteiger partial charge in [-0.1, -0.05) is 12.2 Å². The van der Waals surface area contributed by atoms with Gasteiger partial charge in [-0.05, 0) is 39.5 Å². The Labute approximate surface area is 98.2 Å². The summed E-state index contributed by atoms with van der Waals surface area (Å²) in [5, 5.41) is 17.9. The van der Waals surface area contributed by atoms with Crippen LogP contribution in [0, 0.1) is 0 Å². The second-order valence-corrected chi connectivity index (χ2v) is 4.75. The lowest BCUT2D eigenvalue weighted by Gasteiger charge is -2.15. The summed E-state index contributed by atoms with van der Waals surface area (Å²) in [5.74, 6) is 0.265. The fraction of sp³-hybridized carbons (Fsp3) is 0.769. The number of rotatable bonds is 9. The zero-order valence-electron chi connectivity index (χ0n) is 10.4. The molecule has 3 nitrogen and oxygen atoms in total. The number of carbonyl (C=O) groups is 1. The van der Waals surface area contributed by atoms with Crippen LogP contribution in [0.1, 0.15) is 52.4 Å². The van der Waals surface area contributed by atoms with Crippen LogP contribution in [-0.4, -0.2) is 28.2 Å². The number of aliphatic hydroxyl groups excluding tert-OH is 1. The van der Waals surface area contributed by atoms with E-state index in [4.69, 9.17) is 5.11 Å². The molecule has 0 aromatic rings. The largest absolute Gasteiger partial charge is 0.392 e. The second-order valence-electron chi connectivity index (χ2n) is 4.75. The lowest BCUT2D eigenvalue weighted by atomic mass is 9.99. The van der Waals surface area contributed by atoms with Crippen molar-refractivity contribution in [2.24, 2.45) is 0 Å². The van der Waals surface area contributed by atoms with Gasteiger partial charge in [0.25, 0.3) is 0 Å². The quantitative estimate of drug-likeness (QED) is 0.470. The van der Waals surface area contributed by atoms with Crippen molar-refractivity contribution in [3.63, 3.8) is 0 Å². The molecule has 0 heterocycles. The van der Waals surface area contributed by atoms with Crippen LogP contribution >= 0.6 is 0 Å². The van der Waals surface area contributed by atoms with E-state index in [9.17, 15) is 9.90 Å². The molecule has 3 heteroatoms. The Balaban J connectivity index is 3.42. The molecule has 16 heavy (non-hydrogen) atoms. The highest BCUT2D eigenvalue weighted by atomic mass is 16.3. The monoisotopic (exact) mass is 228 g/mol. The molecule has 0 spiro atoms. The number of Topliss-reactive ketones (excluding diaryl/α,β-unsaturated/α-hetero) is 1. The Morgan fingerprint density at radius 1 is 1.19 bits per heavy atom. The number of carbonyl (C=O) groups excluding carboxylic acids is 1. The van der Waals surface area contributed by atoms with Crippen molar-refractivity contribution >= 4 is 5.78 Å². The first-order valence-corrected chi connectivity index (χ1v) is 5.95. The molecule has 0 rings (SSSR count). The van der Waals surface area contributed by atoms with Crippen molar-refractivity contribution in [1.82, 2.24) is 0 Å². The molecule has 0 bridgehead atoms. The van der Waals surface area contributed by atoms with Gasteiger partial charge < -0.3 is 10.2 Å². The number of hydrogen-bond donors (Lipinski definition) is 2. The number of hydrogen-bond acceptors (Lipinski definition) is 3. The van der Waals surface area contributed by atoms with Gasteiger partial charge in [-0.2, -0.15) is 0 Å². The van der Waals surface area contributed by atoms with Crippen molar-refractivity contribution in [3.05, 3.63) is 12.2 Å². The number of aliphatic hydroxyl groups is 2. The van der Waals surface area contributed by atoms with Gasteiger partial charge in [-0.25, -0.2) is 0 Å². The van der Waals surface area contributed by atoms with Crippen LogP contribution in [0.5, 0.6) is 0 Å². The van der Waals surface area contributed by atoms with E-state index in [-0.39, 0.29) is 12.4 Å². The molecule has 0 saturated heterocycles. The third-order valence-electron chi connectivity index (χ3n) is 2.34. The molecule has 0 aliphatic carbocycles. The van der Waals surface area contributed by atoms with Gasteiger partial charge in [0, 0.05) is 12.8 Å². The third kappa shape index (κ3) is 11.4. The van der Waals surface area contributed by atoms with E-state index in [1.165, 1.54) is 0 Å². The van der Waals surface area contributed by atoms with Crippen LogP contribution < -0.4 is 0 Å². The normalized spacial score (nSPS) is 12.2. The van der Waals surface area contributed by atoms with Gasteiger partial charge in [0.05, 0.1) is 12.2 Å². The molecule has 0 aliphatic rings. The lowest BCUT2D eigenvalue weighted by molar-refractivity contribution is -0.119. The molecule has 0 aromatic carbocycles. The van der Waals surface area contributed by atoms with E-state index in [1.807, 2.05) is 6.08 Å². The van der Waals surface area contributed by atoms with Gasteiger partial charge in [0.2, 0.25) is 0 Å². The van der Waals surface area contributed by atoms with Crippen molar-refractivity contribution in [1.29, 1.82) is 0 Å². The lowest BCUT2D eigenvalue weighted by Crippen LogP contribution is -2.18. The van der Waals surface area contributed by atoms with E-state index in [2.05, 4.69) is 0 Å². The number of ketones is 1. The van der Waals surface area contributed by atoms with Crippen LogP contribution in [0.3, 0.4) is 0 Å². The Morgan fingerprint density at radius 3 is 2.38 bits per heavy atom. The maximum absolute atomic E-state index is 11.4. The molecule has 0 fully saturated rings. The first-order chi connectivity index (χ1) is 7.45. The van der Waals surface area contributed by atoms with Crippen molar-refractivity contribution in [2.45, 2.75) is 58.0 Å². The van der Waals surface area contributed by atoms with Crippen molar-refractivity contribution in [2.75, 3.05) is 6.61 Å². The Kier molecular flexibility index (Phi) is 8.12. The van der Waals surface area contributed by atoms with Crippen LogP contribution in [0.15, 0.2) is 12.2 Å². The third-order valence-corrected chi connectivity index (χ3v) is 2.34. The number of allylic oxidation sites excluding steroid dienone is 1. The molecule has 0 aromatic heterocycles. The maximum Gasteiger partial charge on any atom is 0.132 e. The summed E-state index contributed by atoms with van der Waals surface area (Å²) in [6, 6.07) is 0. The minimum absolute atomic E-state index is 0.0690. The molecular weight excluding hydrogens is 204 g/mol. The van der Waals surface area contributed by atoms with Crippen LogP contribution in [0.25, 0.3) is 0 Å². The SMILES string of the molecule is CC(C)(O)CCCC(=O)CCC/C=C/CO. The fourth-order valence-electron chi connectivity index (χ4n) is 1.45. The van der Waals surface area contributed by atoms with Gasteiger partial charge in [-0.15, -0.1) is 0 Å².